The number of carbonyl (C=O) groups is 1. The third-order valence-corrected chi connectivity index (χ3v) is 4.24. The fraction of sp³-hybridized carbons (Fsp3) is 0.533. The molecule has 4 nitrogen and oxygen atoms in total. The van der Waals surface area contributed by atoms with Crippen molar-refractivity contribution in [1.29, 1.82) is 0 Å². The van der Waals surface area contributed by atoms with Gasteiger partial charge in [0.15, 0.2) is 0 Å². The normalized spacial score (nSPS) is 23.0. The summed E-state index contributed by atoms with van der Waals surface area (Å²) in [7, 11) is 0. The van der Waals surface area contributed by atoms with E-state index in [-0.39, 0.29) is 18.1 Å². The Morgan fingerprint density at radius 2 is 2.14 bits per heavy atom. The second kappa shape index (κ2) is 6.07. The van der Waals surface area contributed by atoms with Gasteiger partial charge in [-0.25, -0.2) is 8.78 Å². The lowest BCUT2D eigenvalue weighted by atomic mass is 10.1. The molecule has 1 N–H and O–H groups in total. The van der Waals surface area contributed by atoms with E-state index in [2.05, 4.69) is 15.1 Å². The van der Waals surface area contributed by atoms with Gasteiger partial charge in [0.2, 0.25) is 5.91 Å². The molecule has 0 radical (unpaired) electrons. The lowest BCUT2D eigenvalue weighted by molar-refractivity contribution is -0.117. The van der Waals surface area contributed by atoms with Crippen LogP contribution in [0.3, 0.4) is 0 Å². The van der Waals surface area contributed by atoms with Crippen LogP contribution in [0.15, 0.2) is 18.2 Å². The maximum Gasteiger partial charge on any atom is 0.238 e. The zero-order valence-corrected chi connectivity index (χ0v) is 11.8. The SMILES string of the molecule is O=C(CN1CCN2CCC[C@H]2C1)Nc1ccc(F)cc1F. The molecule has 3 rings (SSSR count). The molecule has 2 heterocycles. The number of nitrogens with one attached hydrogen (secondary N) is 1. The minimum Gasteiger partial charge on any atom is -0.322 e. The molecule has 1 amide bonds. The van der Waals surface area contributed by atoms with E-state index >= 15 is 0 Å². The standard InChI is InChI=1S/C15H19F2N3O/c16-11-3-4-14(13(17)8-11)18-15(21)10-19-6-7-20-5-1-2-12(20)9-19/h3-4,8,12H,1-2,5-7,9-10H2,(H,18,21)/t12-/m0/s1. The van der Waals surface area contributed by atoms with Gasteiger partial charge >= 0.3 is 0 Å². The van der Waals surface area contributed by atoms with Crippen LogP contribution in [-0.2, 0) is 4.79 Å². The predicted octanol–water partition coefficient (Wildman–Crippen LogP) is 1.68. The highest BCUT2D eigenvalue weighted by atomic mass is 19.1. The molecule has 2 aliphatic rings. The molecule has 1 atom stereocenters. The third-order valence-electron chi connectivity index (χ3n) is 4.24. The van der Waals surface area contributed by atoms with Crippen molar-refractivity contribution in [3.8, 4) is 0 Å². The lowest BCUT2D eigenvalue weighted by Crippen LogP contribution is -2.51. The molecule has 1 aromatic rings. The van der Waals surface area contributed by atoms with Crippen LogP contribution >= 0.6 is 0 Å². The summed E-state index contributed by atoms with van der Waals surface area (Å²) in [6.45, 7) is 4.14. The lowest BCUT2D eigenvalue weighted by Gasteiger charge is -2.37. The summed E-state index contributed by atoms with van der Waals surface area (Å²) < 4.78 is 26.3. The second-order valence-corrected chi connectivity index (χ2v) is 5.74. The Bertz CT molecular complexity index is 538. The minimum absolute atomic E-state index is 0.0286. The largest absolute Gasteiger partial charge is 0.322 e. The zero-order chi connectivity index (χ0) is 14.8. The maximum absolute atomic E-state index is 13.5. The number of rotatable bonds is 3. The van der Waals surface area contributed by atoms with Crippen LogP contribution < -0.4 is 5.32 Å². The van der Waals surface area contributed by atoms with Crippen molar-refractivity contribution >= 4 is 11.6 Å². The average Bonchev–Trinajstić information content (AvgIpc) is 2.89. The first-order valence-electron chi connectivity index (χ1n) is 7.33. The van der Waals surface area contributed by atoms with Gasteiger partial charge in [-0.15, -0.1) is 0 Å². The molecule has 0 saturated carbocycles. The van der Waals surface area contributed by atoms with E-state index in [1.165, 1.54) is 18.9 Å². The summed E-state index contributed by atoms with van der Waals surface area (Å²) in [5.74, 6) is -1.65. The van der Waals surface area contributed by atoms with Crippen molar-refractivity contribution in [2.24, 2.45) is 0 Å². The first kappa shape index (κ1) is 14.4. The molecule has 2 saturated heterocycles. The van der Waals surface area contributed by atoms with Gasteiger partial charge in [0.05, 0.1) is 12.2 Å². The van der Waals surface area contributed by atoms with Gasteiger partial charge in [-0.05, 0) is 31.5 Å². The average molecular weight is 295 g/mol. The van der Waals surface area contributed by atoms with E-state index < -0.39 is 11.6 Å². The summed E-state index contributed by atoms with van der Waals surface area (Å²) in [5, 5.41) is 2.51. The van der Waals surface area contributed by atoms with Gasteiger partial charge in [-0.2, -0.15) is 0 Å². The van der Waals surface area contributed by atoms with Gasteiger partial charge < -0.3 is 5.32 Å². The minimum atomic E-state index is -0.746. The van der Waals surface area contributed by atoms with Crippen LogP contribution in [0.1, 0.15) is 12.8 Å². The number of carbonyl (C=O) groups excluding carboxylic acids is 1. The topological polar surface area (TPSA) is 35.6 Å². The summed E-state index contributed by atoms with van der Waals surface area (Å²) in [6, 6.07) is 3.70. The maximum atomic E-state index is 13.5. The number of benzene rings is 1. The van der Waals surface area contributed by atoms with Crippen LogP contribution in [0.25, 0.3) is 0 Å². The molecule has 0 bridgehead atoms. The Balaban J connectivity index is 1.54. The number of hydrogen-bond donors (Lipinski definition) is 1. The number of hydrogen-bond acceptors (Lipinski definition) is 3. The van der Waals surface area contributed by atoms with Crippen LogP contribution in [0.2, 0.25) is 0 Å². The van der Waals surface area contributed by atoms with Crippen molar-refractivity contribution in [1.82, 2.24) is 9.80 Å². The molecular weight excluding hydrogens is 276 g/mol. The Morgan fingerprint density at radius 3 is 2.95 bits per heavy atom. The highest BCUT2D eigenvalue weighted by Gasteiger charge is 2.31. The molecule has 1 aromatic carbocycles. The van der Waals surface area contributed by atoms with Crippen molar-refractivity contribution in [3.63, 3.8) is 0 Å². The molecule has 21 heavy (non-hydrogen) atoms. The zero-order valence-electron chi connectivity index (χ0n) is 11.8. The molecule has 2 fully saturated rings. The molecule has 0 unspecified atom stereocenters. The molecule has 6 heteroatoms. The fourth-order valence-electron chi connectivity index (χ4n) is 3.18. The highest BCUT2D eigenvalue weighted by molar-refractivity contribution is 5.92. The van der Waals surface area contributed by atoms with Crippen molar-refractivity contribution in [2.75, 3.05) is 38.0 Å². The Morgan fingerprint density at radius 1 is 1.29 bits per heavy atom. The van der Waals surface area contributed by atoms with Gasteiger partial charge in [-0.3, -0.25) is 14.6 Å². The fourth-order valence-corrected chi connectivity index (χ4v) is 3.18. The summed E-state index contributed by atoms with van der Waals surface area (Å²) in [6.07, 6.45) is 2.41. The van der Waals surface area contributed by atoms with Crippen LogP contribution in [-0.4, -0.2) is 54.5 Å². The molecule has 0 spiro atoms. The second-order valence-electron chi connectivity index (χ2n) is 5.74. The number of anilines is 1. The first-order chi connectivity index (χ1) is 10.1. The number of nitrogens with zero attached hydrogens (tertiary/aromatic N) is 2. The van der Waals surface area contributed by atoms with E-state index in [0.717, 1.165) is 38.3 Å². The van der Waals surface area contributed by atoms with E-state index in [1.54, 1.807) is 0 Å². The molecule has 114 valence electrons. The molecule has 2 aliphatic heterocycles. The Kier molecular flexibility index (Phi) is 4.17. The summed E-state index contributed by atoms with van der Waals surface area (Å²) in [5.41, 5.74) is 0.0286. The van der Waals surface area contributed by atoms with Crippen LogP contribution in [0, 0.1) is 11.6 Å². The first-order valence-corrected chi connectivity index (χ1v) is 7.33. The Hall–Kier alpha value is -1.53. The molecular formula is C15H19F2N3O. The van der Waals surface area contributed by atoms with Gasteiger partial charge in [0.25, 0.3) is 0 Å². The molecule has 0 aliphatic carbocycles. The predicted molar refractivity (Wildman–Crippen MR) is 76.0 cm³/mol. The van der Waals surface area contributed by atoms with E-state index in [9.17, 15) is 13.6 Å². The Labute approximate surface area is 122 Å². The van der Waals surface area contributed by atoms with Gasteiger partial charge in [0, 0.05) is 31.7 Å². The van der Waals surface area contributed by atoms with Gasteiger partial charge in [0.1, 0.15) is 11.6 Å². The number of amides is 1. The molecule has 0 aromatic heterocycles. The number of fused-ring (bicyclic) bond motifs is 1. The van der Waals surface area contributed by atoms with Crippen molar-refractivity contribution < 1.29 is 13.6 Å². The van der Waals surface area contributed by atoms with E-state index in [0.29, 0.717) is 6.04 Å². The van der Waals surface area contributed by atoms with E-state index in [4.69, 9.17) is 0 Å². The van der Waals surface area contributed by atoms with Crippen molar-refractivity contribution in [3.05, 3.63) is 29.8 Å². The van der Waals surface area contributed by atoms with Crippen LogP contribution in [0.5, 0.6) is 0 Å². The van der Waals surface area contributed by atoms with Crippen LogP contribution in [0.4, 0.5) is 14.5 Å². The van der Waals surface area contributed by atoms with Crippen molar-refractivity contribution in [2.45, 2.75) is 18.9 Å². The quantitative estimate of drug-likeness (QED) is 0.921. The van der Waals surface area contributed by atoms with E-state index in [1.807, 2.05) is 0 Å². The number of halogens is 2. The summed E-state index contributed by atoms with van der Waals surface area (Å²) >= 11 is 0. The smallest absolute Gasteiger partial charge is 0.238 e. The highest BCUT2D eigenvalue weighted by Crippen LogP contribution is 2.21. The summed E-state index contributed by atoms with van der Waals surface area (Å²) in [4.78, 5) is 16.5. The number of piperazine rings is 1. The van der Waals surface area contributed by atoms with Gasteiger partial charge in [-0.1, -0.05) is 0 Å². The monoisotopic (exact) mass is 295 g/mol. The third kappa shape index (κ3) is 3.39.